The van der Waals surface area contributed by atoms with Gasteiger partial charge in [0, 0.05) is 6.54 Å². The third-order valence-electron chi connectivity index (χ3n) is 3.86. The number of nitrogens with one attached hydrogen (secondary N) is 1. The quantitative estimate of drug-likeness (QED) is 0.838. The van der Waals surface area contributed by atoms with Crippen LogP contribution in [0.4, 0.5) is 0 Å². The molecule has 0 spiro atoms. The van der Waals surface area contributed by atoms with Crippen LogP contribution in [0, 0.1) is 17.8 Å². The predicted octanol–water partition coefficient (Wildman–Crippen LogP) is 3.46. The fourth-order valence-electron chi connectivity index (χ4n) is 2.43. The first-order valence-corrected chi connectivity index (χ1v) is 8.84. The standard InChI is InChI=1S/C16H27NO2S/c1-6-14-7-9-15(10-8-14)20(18,19)17-11-16(12(2)3)13(4)5/h7-10,12-13,16-17H,6,11H2,1-5H3. The molecule has 0 aliphatic carbocycles. The van der Waals surface area contributed by atoms with Crippen LogP contribution in [0.2, 0.25) is 0 Å². The molecule has 0 aliphatic heterocycles. The van der Waals surface area contributed by atoms with E-state index in [2.05, 4.69) is 39.3 Å². The Balaban J connectivity index is 2.78. The van der Waals surface area contributed by atoms with Crippen molar-refractivity contribution in [3.05, 3.63) is 29.8 Å². The Morgan fingerprint density at radius 2 is 1.50 bits per heavy atom. The molecule has 1 N–H and O–H groups in total. The smallest absolute Gasteiger partial charge is 0.211 e. The van der Waals surface area contributed by atoms with Crippen LogP contribution < -0.4 is 4.72 Å². The molecule has 114 valence electrons. The largest absolute Gasteiger partial charge is 0.240 e. The minimum absolute atomic E-state index is 0.347. The summed E-state index contributed by atoms with van der Waals surface area (Å²) in [6.45, 7) is 11.1. The molecule has 0 aliphatic rings. The summed E-state index contributed by atoms with van der Waals surface area (Å²) in [5.41, 5.74) is 1.14. The molecule has 1 aromatic carbocycles. The van der Waals surface area contributed by atoms with Gasteiger partial charge in [-0.2, -0.15) is 0 Å². The molecule has 20 heavy (non-hydrogen) atoms. The number of hydrogen-bond acceptors (Lipinski definition) is 2. The van der Waals surface area contributed by atoms with Crippen molar-refractivity contribution in [1.29, 1.82) is 0 Å². The lowest BCUT2D eigenvalue weighted by Gasteiger charge is -2.25. The normalized spacial score (nSPS) is 12.6. The second-order valence-electron chi connectivity index (χ2n) is 6.00. The van der Waals surface area contributed by atoms with Gasteiger partial charge < -0.3 is 0 Å². The lowest BCUT2D eigenvalue weighted by atomic mass is 9.86. The van der Waals surface area contributed by atoms with Crippen LogP contribution in [-0.2, 0) is 16.4 Å². The van der Waals surface area contributed by atoms with E-state index in [1.165, 1.54) is 0 Å². The molecule has 3 nitrogen and oxygen atoms in total. The molecule has 0 saturated carbocycles. The topological polar surface area (TPSA) is 46.2 Å². The minimum atomic E-state index is -3.40. The Bertz CT molecular complexity index is 496. The van der Waals surface area contributed by atoms with Gasteiger partial charge in [-0.1, -0.05) is 46.8 Å². The molecule has 4 heteroatoms. The predicted molar refractivity (Wildman–Crippen MR) is 84.2 cm³/mol. The summed E-state index contributed by atoms with van der Waals surface area (Å²) in [6, 6.07) is 7.11. The zero-order valence-electron chi connectivity index (χ0n) is 13.2. The Kier molecular flexibility index (Phi) is 6.21. The van der Waals surface area contributed by atoms with E-state index in [-0.39, 0.29) is 0 Å². The van der Waals surface area contributed by atoms with Crippen molar-refractivity contribution >= 4 is 10.0 Å². The van der Waals surface area contributed by atoms with Crippen LogP contribution in [0.5, 0.6) is 0 Å². The van der Waals surface area contributed by atoms with Crippen LogP contribution in [0.3, 0.4) is 0 Å². The maximum absolute atomic E-state index is 12.3. The molecule has 0 saturated heterocycles. The molecule has 0 aromatic heterocycles. The van der Waals surface area contributed by atoms with E-state index in [9.17, 15) is 8.42 Å². The van der Waals surface area contributed by atoms with Gasteiger partial charge in [0.1, 0.15) is 0 Å². The van der Waals surface area contributed by atoms with Gasteiger partial charge >= 0.3 is 0 Å². The monoisotopic (exact) mass is 297 g/mol. The number of sulfonamides is 1. The zero-order chi connectivity index (χ0) is 15.3. The van der Waals surface area contributed by atoms with Crippen molar-refractivity contribution in [1.82, 2.24) is 4.72 Å². The summed E-state index contributed by atoms with van der Waals surface area (Å²) >= 11 is 0. The highest BCUT2D eigenvalue weighted by atomic mass is 32.2. The van der Waals surface area contributed by atoms with Crippen molar-refractivity contribution in [3.8, 4) is 0 Å². The van der Waals surface area contributed by atoms with Crippen LogP contribution in [0.15, 0.2) is 29.2 Å². The minimum Gasteiger partial charge on any atom is -0.211 e. The maximum Gasteiger partial charge on any atom is 0.240 e. The fraction of sp³-hybridized carbons (Fsp3) is 0.625. The molecular weight excluding hydrogens is 270 g/mol. The Hall–Kier alpha value is -0.870. The average molecular weight is 297 g/mol. The first-order chi connectivity index (χ1) is 9.27. The SMILES string of the molecule is CCc1ccc(S(=O)(=O)NCC(C(C)C)C(C)C)cc1. The highest BCUT2D eigenvalue weighted by Crippen LogP contribution is 2.20. The van der Waals surface area contributed by atoms with Crippen molar-refractivity contribution in [3.63, 3.8) is 0 Å². The fourth-order valence-corrected chi connectivity index (χ4v) is 3.51. The van der Waals surface area contributed by atoms with Gasteiger partial charge in [-0.3, -0.25) is 0 Å². The van der Waals surface area contributed by atoms with Crippen LogP contribution in [0.25, 0.3) is 0 Å². The lowest BCUT2D eigenvalue weighted by molar-refractivity contribution is 0.289. The van der Waals surface area contributed by atoms with Crippen LogP contribution in [0.1, 0.15) is 40.2 Å². The van der Waals surface area contributed by atoms with Crippen LogP contribution in [-0.4, -0.2) is 15.0 Å². The van der Waals surface area contributed by atoms with Crippen molar-refractivity contribution < 1.29 is 8.42 Å². The summed E-state index contributed by atoms with van der Waals surface area (Å²) in [5.74, 6) is 1.26. The van der Waals surface area contributed by atoms with Crippen LogP contribution >= 0.6 is 0 Å². The third-order valence-corrected chi connectivity index (χ3v) is 5.30. The van der Waals surface area contributed by atoms with E-state index < -0.39 is 10.0 Å². The number of hydrogen-bond donors (Lipinski definition) is 1. The second-order valence-corrected chi connectivity index (χ2v) is 7.77. The lowest BCUT2D eigenvalue weighted by Crippen LogP contribution is -2.33. The number of rotatable bonds is 7. The summed E-state index contributed by atoms with van der Waals surface area (Å²) < 4.78 is 27.3. The van der Waals surface area contributed by atoms with Gasteiger partial charge in [-0.15, -0.1) is 0 Å². The summed E-state index contributed by atoms with van der Waals surface area (Å²) in [7, 11) is -3.40. The molecule has 1 aromatic rings. The summed E-state index contributed by atoms with van der Waals surface area (Å²) in [4.78, 5) is 0.348. The molecule has 0 unspecified atom stereocenters. The molecule has 0 bridgehead atoms. The highest BCUT2D eigenvalue weighted by molar-refractivity contribution is 7.89. The molecule has 0 radical (unpaired) electrons. The van der Waals surface area contributed by atoms with Crippen molar-refractivity contribution in [2.24, 2.45) is 17.8 Å². The maximum atomic E-state index is 12.3. The van der Waals surface area contributed by atoms with Crippen molar-refractivity contribution in [2.75, 3.05) is 6.54 Å². The highest BCUT2D eigenvalue weighted by Gasteiger charge is 2.21. The average Bonchev–Trinajstić information content (AvgIpc) is 2.38. The zero-order valence-corrected chi connectivity index (χ0v) is 14.0. The molecule has 0 fully saturated rings. The molecule has 0 heterocycles. The second kappa shape index (κ2) is 7.23. The summed E-state index contributed by atoms with van der Waals surface area (Å²) in [6.07, 6.45) is 0.913. The van der Waals surface area contributed by atoms with E-state index in [1.54, 1.807) is 12.1 Å². The van der Waals surface area contributed by atoms with Gasteiger partial charge in [-0.05, 0) is 41.9 Å². The Labute approximate surface area is 123 Å². The first kappa shape index (κ1) is 17.2. The van der Waals surface area contributed by atoms with Gasteiger partial charge in [0.25, 0.3) is 0 Å². The number of benzene rings is 1. The van der Waals surface area contributed by atoms with E-state index in [4.69, 9.17) is 0 Å². The Morgan fingerprint density at radius 1 is 1.00 bits per heavy atom. The molecule has 0 amide bonds. The van der Waals surface area contributed by atoms with E-state index in [1.807, 2.05) is 12.1 Å². The van der Waals surface area contributed by atoms with Gasteiger partial charge in [0.15, 0.2) is 0 Å². The van der Waals surface area contributed by atoms with Gasteiger partial charge in [-0.25, -0.2) is 13.1 Å². The van der Waals surface area contributed by atoms with E-state index in [0.29, 0.717) is 29.2 Å². The Morgan fingerprint density at radius 3 is 1.90 bits per heavy atom. The molecule has 1 rings (SSSR count). The van der Waals surface area contributed by atoms with E-state index in [0.717, 1.165) is 12.0 Å². The third kappa shape index (κ3) is 4.60. The molecular formula is C16H27NO2S. The first-order valence-electron chi connectivity index (χ1n) is 7.36. The summed E-state index contributed by atoms with van der Waals surface area (Å²) in [5, 5.41) is 0. The van der Waals surface area contributed by atoms with Gasteiger partial charge in [0.05, 0.1) is 4.90 Å². The molecule has 0 atom stereocenters. The van der Waals surface area contributed by atoms with Crippen molar-refractivity contribution in [2.45, 2.75) is 45.9 Å². The van der Waals surface area contributed by atoms with E-state index >= 15 is 0 Å². The number of aryl methyl sites for hydroxylation is 1. The van der Waals surface area contributed by atoms with Gasteiger partial charge in [0.2, 0.25) is 10.0 Å².